The van der Waals surface area contributed by atoms with E-state index in [0.29, 0.717) is 34.3 Å². The van der Waals surface area contributed by atoms with E-state index in [1.54, 1.807) is 6.20 Å². The van der Waals surface area contributed by atoms with Gasteiger partial charge < -0.3 is 25.2 Å². The fourth-order valence-electron chi connectivity index (χ4n) is 4.56. The lowest BCUT2D eigenvalue weighted by atomic mass is 9.96. The van der Waals surface area contributed by atoms with Crippen LogP contribution in [0.15, 0.2) is 30.7 Å². The summed E-state index contributed by atoms with van der Waals surface area (Å²) in [4.78, 5) is 19.7. The summed E-state index contributed by atoms with van der Waals surface area (Å²) >= 11 is 5.98. The summed E-state index contributed by atoms with van der Waals surface area (Å²) in [5.41, 5.74) is 2.53. The Bertz CT molecular complexity index is 1210. The number of anilines is 2. The second-order valence-electron chi connectivity index (χ2n) is 9.03. The number of piperidine rings is 1. The Kier molecular flexibility index (Phi) is 5.64. The highest BCUT2D eigenvalue weighted by atomic mass is 35.5. The standard InChI is InChI=1S/C23H26ClN5O4/c1-23(13-31)8-15-6-18(19(7-20(15)33-23)28-4-2-14(12-30)3-5-28)27-22(32)17-10-26-29-11-16(24)9-25-21(17)29/h6-7,9-11,14,30-31H,2-5,8,12-13H2,1H3,(H,27,32)/t23-/m1/s1. The van der Waals surface area contributed by atoms with Crippen molar-refractivity contribution in [3.8, 4) is 5.75 Å². The fourth-order valence-corrected chi connectivity index (χ4v) is 4.70. The Labute approximate surface area is 195 Å². The van der Waals surface area contributed by atoms with Crippen LogP contribution in [0.2, 0.25) is 5.02 Å². The van der Waals surface area contributed by atoms with Crippen molar-refractivity contribution in [2.75, 3.05) is 36.5 Å². The number of ether oxygens (including phenoxy) is 1. The molecule has 0 saturated carbocycles. The summed E-state index contributed by atoms with van der Waals surface area (Å²) in [6.45, 7) is 3.48. The van der Waals surface area contributed by atoms with Gasteiger partial charge in [-0.1, -0.05) is 11.6 Å². The van der Waals surface area contributed by atoms with Gasteiger partial charge in [0.1, 0.15) is 16.9 Å². The van der Waals surface area contributed by atoms with E-state index in [0.717, 1.165) is 42.9 Å². The van der Waals surface area contributed by atoms with E-state index in [1.165, 1.54) is 16.9 Å². The highest BCUT2D eigenvalue weighted by Gasteiger charge is 2.36. The summed E-state index contributed by atoms with van der Waals surface area (Å²) < 4.78 is 7.53. The Morgan fingerprint density at radius 1 is 1.30 bits per heavy atom. The van der Waals surface area contributed by atoms with Gasteiger partial charge >= 0.3 is 0 Å². The van der Waals surface area contributed by atoms with Gasteiger partial charge in [-0.2, -0.15) is 5.10 Å². The zero-order valence-corrected chi connectivity index (χ0v) is 19.0. The zero-order valence-electron chi connectivity index (χ0n) is 18.3. The van der Waals surface area contributed by atoms with Gasteiger partial charge in [0.2, 0.25) is 0 Å². The summed E-state index contributed by atoms with van der Waals surface area (Å²) in [7, 11) is 0. The first-order valence-electron chi connectivity index (χ1n) is 11.0. The number of aliphatic hydroxyl groups is 2. The number of fused-ring (bicyclic) bond motifs is 2. The predicted octanol–water partition coefficient (Wildman–Crippen LogP) is 2.53. The number of carbonyl (C=O) groups is 1. The van der Waals surface area contributed by atoms with Gasteiger partial charge in [-0.3, -0.25) is 4.79 Å². The number of rotatable bonds is 5. The van der Waals surface area contributed by atoms with Gasteiger partial charge in [0.15, 0.2) is 5.65 Å². The van der Waals surface area contributed by atoms with E-state index in [9.17, 15) is 15.0 Å². The van der Waals surface area contributed by atoms with Crippen molar-refractivity contribution in [1.82, 2.24) is 14.6 Å². The van der Waals surface area contributed by atoms with E-state index >= 15 is 0 Å². The van der Waals surface area contributed by atoms with Crippen molar-refractivity contribution in [2.24, 2.45) is 5.92 Å². The summed E-state index contributed by atoms with van der Waals surface area (Å²) in [5.74, 6) is 0.686. The molecule has 3 N–H and O–H groups in total. The van der Waals surface area contributed by atoms with Crippen molar-refractivity contribution >= 4 is 34.5 Å². The van der Waals surface area contributed by atoms with Crippen molar-refractivity contribution < 1.29 is 19.7 Å². The second kappa shape index (κ2) is 8.48. The first-order chi connectivity index (χ1) is 15.9. The van der Waals surface area contributed by atoms with Crippen LogP contribution in [0.4, 0.5) is 11.4 Å². The number of carbonyl (C=O) groups excluding carboxylic acids is 1. The smallest absolute Gasteiger partial charge is 0.261 e. The molecule has 174 valence electrons. The molecule has 3 aromatic rings. The van der Waals surface area contributed by atoms with Crippen LogP contribution in [0.1, 0.15) is 35.7 Å². The lowest BCUT2D eigenvalue weighted by Crippen LogP contribution is -2.35. The van der Waals surface area contributed by atoms with Gasteiger partial charge in [0.25, 0.3) is 5.91 Å². The summed E-state index contributed by atoms with van der Waals surface area (Å²) in [6, 6.07) is 3.87. The minimum absolute atomic E-state index is 0.1000. The Morgan fingerprint density at radius 3 is 2.82 bits per heavy atom. The Morgan fingerprint density at radius 2 is 2.09 bits per heavy atom. The molecule has 0 unspecified atom stereocenters. The molecule has 1 fully saturated rings. The molecule has 1 saturated heterocycles. The zero-order chi connectivity index (χ0) is 23.2. The lowest BCUT2D eigenvalue weighted by Gasteiger charge is -2.34. The number of hydrogen-bond acceptors (Lipinski definition) is 7. The number of halogens is 1. The molecule has 5 rings (SSSR count). The molecule has 0 bridgehead atoms. The molecule has 0 radical (unpaired) electrons. The number of hydrogen-bond donors (Lipinski definition) is 3. The highest BCUT2D eigenvalue weighted by molar-refractivity contribution is 6.30. The van der Waals surface area contributed by atoms with Crippen LogP contribution in [-0.2, 0) is 6.42 Å². The molecule has 0 spiro atoms. The van der Waals surface area contributed by atoms with E-state index in [4.69, 9.17) is 16.3 Å². The van der Waals surface area contributed by atoms with Gasteiger partial charge in [-0.15, -0.1) is 0 Å². The molecule has 9 nitrogen and oxygen atoms in total. The first-order valence-corrected chi connectivity index (χ1v) is 11.4. The molecule has 2 aliphatic heterocycles. The monoisotopic (exact) mass is 471 g/mol. The van der Waals surface area contributed by atoms with Crippen molar-refractivity contribution in [3.05, 3.63) is 46.9 Å². The van der Waals surface area contributed by atoms with Gasteiger partial charge in [0, 0.05) is 43.9 Å². The van der Waals surface area contributed by atoms with Crippen LogP contribution >= 0.6 is 11.6 Å². The number of aliphatic hydroxyl groups excluding tert-OH is 2. The van der Waals surface area contributed by atoms with Crippen molar-refractivity contribution in [2.45, 2.75) is 31.8 Å². The molecule has 1 aromatic carbocycles. The molecule has 1 atom stereocenters. The van der Waals surface area contributed by atoms with Crippen LogP contribution in [0.25, 0.3) is 5.65 Å². The molecule has 10 heteroatoms. The molecule has 2 aliphatic rings. The number of aromatic nitrogens is 3. The van der Waals surface area contributed by atoms with Gasteiger partial charge in [-0.05, 0) is 31.7 Å². The Hall–Kier alpha value is -2.88. The minimum atomic E-state index is -0.683. The third kappa shape index (κ3) is 4.12. The molecular formula is C23H26ClN5O4. The third-order valence-corrected chi connectivity index (χ3v) is 6.66. The van der Waals surface area contributed by atoms with Crippen LogP contribution in [-0.4, -0.2) is 62.6 Å². The largest absolute Gasteiger partial charge is 0.484 e. The SMILES string of the molecule is C[C@]1(CO)Cc2cc(NC(=O)c3cnn4cc(Cl)cnc34)c(N3CCC(CO)CC3)cc2O1. The van der Waals surface area contributed by atoms with Crippen LogP contribution in [0, 0.1) is 5.92 Å². The third-order valence-electron chi connectivity index (χ3n) is 6.47. The van der Waals surface area contributed by atoms with Crippen LogP contribution in [0.5, 0.6) is 5.75 Å². The molecule has 0 aliphatic carbocycles. The average Bonchev–Trinajstić information content (AvgIpc) is 3.38. The lowest BCUT2D eigenvalue weighted by molar-refractivity contribution is 0.0447. The van der Waals surface area contributed by atoms with E-state index in [2.05, 4.69) is 20.3 Å². The summed E-state index contributed by atoms with van der Waals surface area (Å²) in [5, 5.41) is 26.9. The maximum atomic E-state index is 13.2. The predicted molar refractivity (Wildman–Crippen MR) is 124 cm³/mol. The molecule has 33 heavy (non-hydrogen) atoms. The molecule has 2 aromatic heterocycles. The minimum Gasteiger partial charge on any atom is -0.484 e. The highest BCUT2D eigenvalue weighted by Crippen LogP contribution is 2.42. The average molecular weight is 472 g/mol. The number of benzene rings is 1. The van der Waals surface area contributed by atoms with Gasteiger partial charge in [0.05, 0.1) is 35.4 Å². The number of amides is 1. The first kappa shape index (κ1) is 21.9. The topological polar surface area (TPSA) is 112 Å². The number of nitrogens with one attached hydrogen (secondary N) is 1. The van der Waals surface area contributed by atoms with Crippen LogP contribution in [0.3, 0.4) is 0 Å². The van der Waals surface area contributed by atoms with E-state index in [-0.39, 0.29) is 19.1 Å². The molecular weight excluding hydrogens is 446 g/mol. The molecule has 1 amide bonds. The fraction of sp³-hybridized carbons (Fsp3) is 0.435. The maximum Gasteiger partial charge on any atom is 0.261 e. The van der Waals surface area contributed by atoms with Crippen molar-refractivity contribution in [1.29, 1.82) is 0 Å². The summed E-state index contributed by atoms with van der Waals surface area (Å²) in [6.07, 6.45) is 6.84. The normalized spacial score (nSPS) is 20.7. The molecule has 4 heterocycles. The van der Waals surface area contributed by atoms with E-state index in [1.807, 2.05) is 19.1 Å². The van der Waals surface area contributed by atoms with Crippen molar-refractivity contribution in [3.63, 3.8) is 0 Å². The maximum absolute atomic E-state index is 13.2. The van der Waals surface area contributed by atoms with E-state index < -0.39 is 5.60 Å². The Balaban J connectivity index is 1.49. The quantitative estimate of drug-likeness (QED) is 0.524. The van der Waals surface area contributed by atoms with Crippen LogP contribution < -0.4 is 15.0 Å². The number of nitrogens with zero attached hydrogens (tertiary/aromatic N) is 4. The second-order valence-corrected chi connectivity index (χ2v) is 9.47. The van der Waals surface area contributed by atoms with Gasteiger partial charge in [-0.25, -0.2) is 9.50 Å².